The predicted octanol–water partition coefficient (Wildman–Crippen LogP) is 5.45. The summed E-state index contributed by atoms with van der Waals surface area (Å²) in [6.45, 7) is 10.8. The van der Waals surface area contributed by atoms with E-state index in [1.165, 1.54) is 14.2 Å². The minimum Gasteiger partial charge on any atom is -0.543 e. The number of ether oxygens (including phenoxy) is 1. The summed E-state index contributed by atoms with van der Waals surface area (Å²) >= 11 is 0. The molecule has 0 atom stereocenters. The van der Waals surface area contributed by atoms with E-state index in [-0.39, 0.29) is 17.2 Å². The molecule has 0 fully saturated rings. The van der Waals surface area contributed by atoms with Crippen LogP contribution in [0.2, 0.25) is 18.1 Å². The monoisotopic (exact) mass is 444 g/mol. The summed E-state index contributed by atoms with van der Waals surface area (Å²) in [5, 5.41) is 3.74. The molecule has 2 amide bonds. The first-order valence-electron chi connectivity index (χ1n) is 10.1. The summed E-state index contributed by atoms with van der Waals surface area (Å²) in [5.41, 5.74) is 1.43. The molecular formula is C23H32N2O5Si. The number of nitrogens with zero attached hydrogens (tertiary/aromatic N) is 1. The Kier molecular flexibility index (Phi) is 7.86. The van der Waals surface area contributed by atoms with Crippen LogP contribution in [0.5, 0.6) is 5.75 Å². The van der Waals surface area contributed by atoms with Gasteiger partial charge in [-0.1, -0.05) is 51.1 Å². The maximum Gasteiger partial charge on any atom is 0.411 e. The quantitative estimate of drug-likeness (QED) is 0.454. The van der Waals surface area contributed by atoms with E-state index in [2.05, 4.69) is 39.2 Å². The molecule has 2 aromatic rings. The van der Waals surface area contributed by atoms with E-state index < -0.39 is 20.3 Å². The highest BCUT2D eigenvalue weighted by molar-refractivity contribution is 6.74. The summed E-state index contributed by atoms with van der Waals surface area (Å²) in [7, 11) is 0.792. The van der Waals surface area contributed by atoms with Crippen LogP contribution < -0.4 is 9.74 Å². The molecule has 0 aliphatic rings. The average molecular weight is 445 g/mol. The topological polar surface area (TPSA) is 77.1 Å². The second kappa shape index (κ2) is 9.98. The highest BCUT2D eigenvalue weighted by atomic mass is 28.4. The van der Waals surface area contributed by atoms with Gasteiger partial charge in [0.05, 0.1) is 18.4 Å². The minimum absolute atomic E-state index is 0.00133. The maximum absolute atomic E-state index is 12.8. The van der Waals surface area contributed by atoms with Gasteiger partial charge in [0, 0.05) is 7.05 Å². The molecule has 0 spiro atoms. The van der Waals surface area contributed by atoms with Crippen molar-refractivity contribution >= 4 is 26.0 Å². The minimum atomic E-state index is -2.11. The molecule has 2 aromatic carbocycles. The third-order valence-corrected chi connectivity index (χ3v) is 9.77. The Bertz CT molecular complexity index is 910. The van der Waals surface area contributed by atoms with Crippen molar-refractivity contribution in [3.8, 4) is 5.75 Å². The van der Waals surface area contributed by atoms with Gasteiger partial charge in [-0.05, 0) is 41.9 Å². The lowest BCUT2D eigenvalue weighted by Crippen LogP contribution is -2.43. The van der Waals surface area contributed by atoms with Crippen LogP contribution in [0.3, 0.4) is 0 Å². The highest BCUT2D eigenvalue weighted by Gasteiger charge is 2.39. The van der Waals surface area contributed by atoms with Crippen molar-refractivity contribution < 1.29 is 23.6 Å². The van der Waals surface area contributed by atoms with Gasteiger partial charge in [-0.2, -0.15) is 0 Å². The molecule has 0 saturated heterocycles. The van der Waals surface area contributed by atoms with Gasteiger partial charge in [0.15, 0.2) is 0 Å². The van der Waals surface area contributed by atoms with Gasteiger partial charge >= 0.3 is 6.09 Å². The summed E-state index contributed by atoms with van der Waals surface area (Å²) in [6.07, 6.45) is -0.656. The third kappa shape index (κ3) is 6.57. The number of carbonyl (C=O) groups is 2. The number of hydroxylamine groups is 2. The van der Waals surface area contributed by atoms with Crippen LogP contribution in [0.25, 0.3) is 0 Å². The summed E-state index contributed by atoms with van der Waals surface area (Å²) in [5.74, 6) is 0.157. The van der Waals surface area contributed by atoms with E-state index in [0.717, 1.165) is 10.6 Å². The fraction of sp³-hybridized carbons (Fsp3) is 0.391. The normalized spacial score (nSPS) is 11.6. The molecule has 31 heavy (non-hydrogen) atoms. The first-order valence-corrected chi connectivity index (χ1v) is 13.0. The molecule has 0 aliphatic carbocycles. The average Bonchev–Trinajstić information content (AvgIpc) is 2.72. The van der Waals surface area contributed by atoms with Crippen molar-refractivity contribution in [3.63, 3.8) is 0 Å². The maximum atomic E-state index is 12.8. The number of anilines is 1. The van der Waals surface area contributed by atoms with Gasteiger partial charge in [0.25, 0.3) is 5.91 Å². The molecule has 0 unspecified atom stereocenters. The number of hydrogen-bond acceptors (Lipinski definition) is 5. The lowest BCUT2D eigenvalue weighted by molar-refractivity contribution is -0.0756. The molecule has 0 aliphatic heterocycles. The number of benzene rings is 2. The molecule has 2 rings (SSSR count). The Balaban J connectivity index is 2.24. The van der Waals surface area contributed by atoms with Gasteiger partial charge in [-0.3, -0.25) is 14.9 Å². The first kappa shape index (κ1) is 24.4. The number of hydrogen-bond donors (Lipinski definition) is 1. The molecule has 7 nitrogen and oxygen atoms in total. The zero-order chi connectivity index (χ0) is 23.2. The van der Waals surface area contributed by atoms with E-state index in [1.54, 1.807) is 18.2 Å². The number of carbonyl (C=O) groups excluding carboxylic acids is 2. The number of nitrogens with one attached hydrogen (secondary N) is 1. The molecule has 0 heterocycles. The summed E-state index contributed by atoms with van der Waals surface area (Å²) in [6, 6.07) is 14.4. The van der Waals surface area contributed by atoms with Gasteiger partial charge in [0.2, 0.25) is 8.32 Å². The second-order valence-electron chi connectivity index (χ2n) is 8.74. The molecule has 0 aromatic heterocycles. The van der Waals surface area contributed by atoms with Crippen LogP contribution in [0.1, 0.15) is 36.7 Å². The zero-order valence-electron chi connectivity index (χ0n) is 19.3. The van der Waals surface area contributed by atoms with Crippen molar-refractivity contribution in [2.75, 3.05) is 19.5 Å². The van der Waals surface area contributed by atoms with Crippen molar-refractivity contribution in [1.82, 2.24) is 5.06 Å². The molecule has 0 radical (unpaired) electrons. The fourth-order valence-corrected chi connectivity index (χ4v) is 3.46. The molecule has 8 heteroatoms. The zero-order valence-corrected chi connectivity index (χ0v) is 20.3. The fourth-order valence-electron chi connectivity index (χ4n) is 2.44. The lowest BCUT2D eigenvalue weighted by Gasteiger charge is -2.36. The summed E-state index contributed by atoms with van der Waals surface area (Å²) < 4.78 is 11.6. The number of amides is 2. The Morgan fingerprint density at radius 2 is 1.71 bits per heavy atom. The lowest BCUT2D eigenvalue weighted by atomic mass is 10.1. The van der Waals surface area contributed by atoms with Crippen molar-refractivity contribution in [1.29, 1.82) is 0 Å². The Morgan fingerprint density at radius 3 is 2.29 bits per heavy atom. The van der Waals surface area contributed by atoms with Crippen molar-refractivity contribution in [2.45, 2.75) is 45.5 Å². The van der Waals surface area contributed by atoms with Crippen molar-refractivity contribution in [2.24, 2.45) is 0 Å². The van der Waals surface area contributed by atoms with Crippen LogP contribution in [0.4, 0.5) is 10.5 Å². The second-order valence-corrected chi connectivity index (χ2v) is 13.5. The molecular weight excluding hydrogens is 412 g/mol. The van der Waals surface area contributed by atoms with Crippen LogP contribution in [-0.2, 0) is 16.2 Å². The van der Waals surface area contributed by atoms with Gasteiger partial charge in [0.1, 0.15) is 12.4 Å². The molecule has 1 N–H and O–H groups in total. The van der Waals surface area contributed by atoms with Gasteiger partial charge in [-0.25, -0.2) is 9.86 Å². The molecule has 0 bridgehead atoms. The van der Waals surface area contributed by atoms with Crippen LogP contribution in [0.15, 0.2) is 48.5 Å². The van der Waals surface area contributed by atoms with E-state index in [4.69, 9.17) is 14.0 Å². The van der Waals surface area contributed by atoms with E-state index in [0.29, 0.717) is 11.4 Å². The number of rotatable bonds is 7. The smallest absolute Gasteiger partial charge is 0.411 e. The largest absolute Gasteiger partial charge is 0.543 e. The first-order chi connectivity index (χ1) is 14.4. The predicted molar refractivity (Wildman–Crippen MR) is 124 cm³/mol. The highest BCUT2D eigenvalue weighted by Crippen LogP contribution is 2.38. The van der Waals surface area contributed by atoms with E-state index in [9.17, 15) is 9.59 Å². The summed E-state index contributed by atoms with van der Waals surface area (Å²) in [4.78, 5) is 30.2. The molecule has 0 saturated carbocycles. The third-order valence-electron chi connectivity index (χ3n) is 5.41. The van der Waals surface area contributed by atoms with Gasteiger partial charge < -0.3 is 9.16 Å². The Hall–Kier alpha value is -2.84. The van der Waals surface area contributed by atoms with Gasteiger partial charge in [-0.15, -0.1) is 0 Å². The molecule has 168 valence electrons. The van der Waals surface area contributed by atoms with E-state index in [1.807, 2.05) is 30.3 Å². The van der Waals surface area contributed by atoms with Crippen molar-refractivity contribution in [3.05, 3.63) is 59.7 Å². The van der Waals surface area contributed by atoms with Crippen LogP contribution >= 0.6 is 0 Å². The van der Waals surface area contributed by atoms with Crippen LogP contribution in [-0.4, -0.2) is 39.5 Å². The van der Waals surface area contributed by atoms with E-state index >= 15 is 0 Å². The Morgan fingerprint density at radius 1 is 1.06 bits per heavy atom. The van der Waals surface area contributed by atoms with Crippen LogP contribution in [0, 0.1) is 0 Å². The standard InChI is InChI=1S/C23H32N2O5Si/c1-23(2,3)31(6,7)30-18-13-14-20(19(15-18)21(26)25(4)28-5)24-22(27)29-16-17-11-9-8-10-12-17/h8-15H,16H2,1-7H3,(H,24,27). The SMILES string of the molecule is CON(C)C(=O)c1cc(O[Si](C)(C)C(C)(C)C)ccc1NC(=O)OCc1ccccc1. The Labute approximate surface area is 185 Å².